The summed E-state index contributed by atoms with van der Waals surface area (Å²) in [6, 6.07) is 9.58. The zero-order valence-electron chi connectivity index (χ0n) is 15.8. The highest BCUT2D eigenvalue weighted by atomic mass is 35.5. The number of allylic oxidation sites excluding steroid dienone is 1. The summed E-state index contributed by atoms with van der Waals surface area (Å²) in [6.45, 7) is 1.94. The number of ketones is 1. The van der Waals surface area contributed by atoms with Crippen LogP contribution in [0.5, 0.6) is 0 Å². The average molecular weight is 418 g/mol. The summed E-state index contributed by atoms with van der Waals surface area (Å²) < 4.78 is 0. The zero-order chi connectivity index (χ0) is 20.1. The number of benzene rings is 1. The molecule has 2 aromatic rings. The van der Waals surface area contributed by atoms with Gasteiger partial charge >= 0.3 is 0 Å². The Labute approximate surface area is 174 Å². The topological polar surface area (TPSA) is 70.2 Å². The van der Waals surface area contributed by atoms with E-state index in [2.05, 4.69) is 11.1 Å². The number of aliphatic hydroxyl groups excluding tert-OH is 1. The first kappa shape index (κ1) is 20.9. The summed E-state index contributed by atoms with van der Waals surface area (Å²) in [4.78, 5) is 27.8. The van der Waals surface area contributed by atoms with Gasteiger partial charge in [0.05, 0.1) is 5.02 Å². The van der Waals surface area contributed by atoms with Crippen LogP contribution >= 0.6 is 23.4 Å². The van der Waals surface area contributed by atoms with Gasteiger partial charge in [-0.3, -0.25) is 9.59 Å². The van der Waals surface area contributed by atoms with Crippen LogP contribution in [0.2, 0.25) is 5.02 Å². The summed E-state index contributed by atoms with van der Waals surface area (Å²) in [7, 11) is 0. The number of pyridine rings is 1. The molecule has 0 radical (unpaired) electrons. The lowest BCUT2D eigenvalue weighted by Crippen LogP contribution is -2.11. The molecule has 3 rings (SSSR count). The molecule has 1 unspecified atom stereocenters. The van der Waals surface area contributed by atoms with E-state index in [0.29, 0.717) is 29.8 Å². The molecular weight excluding hydrogens is 394 g/mol. The van der Waals surface area contributed by atoms with E-state index in [0.717, 1.165) is 33.9 Å². The van der Waals surface area contributed by atoms with Gasteiger partial charge in [0.15, 0.2) is 0 Å². The number of rotatable bonds is 7. The van der Waals surface area contributed by atoms with Gasteiger partial charge in [-0.2, -0.15) is 0 Å². The summed E-state index contributed by atoms with van der Waals surface area (Å²) in [5.41, 5.74) is 3.08. The Kier molecular flexibility index (Phi) is 7.16. The lowest BCUT2D eigenvalue weighted by molar-refractivity contribution is -0.117. The van der Waals surface area contributed by atoms with E-state index in [1.54, 1.807) is 18.7 Å². The molecule has 0 spiro atoms. The van der Waals surface area contributed by atoms with Crippen molar-refractivity contribution in [1.82, 2.24) is 4.98 Å². The number of aromatic amines is 1. The van der Waals surface area contributed by atoms with Gasteiger partial charge in [-0.15, -0.1) is 11.8 Å². The first-order chi connectivity index (χ1) is 13.5. The molecule has 1 aromatic heterocycles. The maximum absolute atomic E-state index is 12.1. The Morgan fingerprint density at radius 2 is 2.14 bits per heavy atom. The van der Waals surface area contributed by atoms with Crippen molar-refractivity contribution in [2.24, 2.45) is 5.92 Å². The van der Waals surface area contributed by atoms with Gasteiger partial charge in [0.25, 0.3) is 5.56 Å². The summed E-state index contributed by atoms with van der Waals surface area (Å²) >= 11 is 8.11. The molecule has 1 saturated carbocycles. The number of H-pyrrole nitrogens is 1. The van der Waals surface area contributed by atoms with E-state index in [9.17, 15) is 9.59 Å². The minimum atomic E-state index is -0.117. The van der Waals surface area contributed by atoms with Crippen LogP contribution in [-0.2, 0) is 4.79 Å². The molecule has 6 heteroatoms. The van der Waals surface area contributed by atoms with E-state index in [4.69, 9.17) is 16.7 Å². The minimum absolute atomic E-state index is 0.117. The van der Waals surface area contributed by atoms with Crippen molar-refractivity contribution >= 4 is 34.7 Å². The third-order valence-electron chi connectivity index (χ3n) is 4.89. The molecule has 4 nitrogen and oxygen atoms in total. The molecule has 0 saturated heterocycles. The van der Waals surface area contributed by atoms with Gasteiger partial charge in [-0.1, -0.05) is 29.8 Å². The van der Waals surface area contributed by atoms with E-state index in [1.807, 2.05) is 30.3 Å². The molecular formula is C22H24ClNO3S. The van der Waals surface area contributed by atoms with E-state index in [-0.39, 0.29) is 23.9 Å². The zero-order valence-corrected chi connectivity index (χ0v) is 17.4. The quantitative estimate of drug-likeness (QED) is 0.509. The van der Waals surface area contributed by atoms with E-state index < -0.39 is 0 Å². The van der Waals surface area contributed by atoms with Crippen LogP contribution in [0.25, 0.3) is 5.57 Å². The standard InChI is InChI=1S/C22H24ClNO3S/c1-14-3-7-20(24-22(14)27)18(12-15-4-6-17(26)11-15)16-5-8-21(19(23)13-16)28-10-2-9-25/h3,5,7-8,12-13,15,25H,2,4,6,9-11H2,1H3,(H,24,27). The number of nitrogens with one attached hydrogen (secondary N) is 1. The highest BCUT2D eigenvalue weighted by Gasteiger charge is 2.22. The summed E-state index contributed by atoms with van der Waals surface area (Å²) in [6.07, 6.45) is 4.80. The van der Waals surface area contributed by atoms with Crippen molar-refractivity contribution in [1.29, 1.82) is 0 Å². The molecule has 1 aliphatic carbocycles. The Morgan fingerprint density at radius 3 is 2.79 bits per heavy atom. The molecule has 1 atom stereocenters. The predicted octanol–water partition coefficient (Wildman–Crippen LogP) is 4.61. The Morgan fingerprint density at radius 1 is 1.32 bits per heavy atom. The van der Waals surface area contributed by atoms with Crippen molar-refractivity contribution < 1.29 is 9.90 Å². The van der Waals surface area contributed by atoms with Crippen LogP contribution in [0.4, 0.5) is 0 Å². The number of aryl methyl sites for hydroxylation is 1. The van der Waals surface area contributed by atoms with Crippen molar-refractivity contribution in [3.8, 4) is 0 Å². The fourth-order valence-corrected chi connectivity index (χ4v) is 4.50. The second kappa shape index (κ2) is 9.59. The van der Waals surface area contributed by atoms with E-state index >= 15 is 0 Å². The van der Waals surface area contributed by atoms with Crippen LogP contribution in [0.15, 0.2) is 46.1 Å². The van der Waals surface area contributed by atoms with Crippen molar-refractivity contribution in [2.45, 2.75) is 37.5 Å². The lowest BCUT2D eigenvalue weighted by atomic mass is 9.96. The molecule has 1 heterocycles. The molecule has 1 aliphatic rings. The van der Waals surface area contributed by atoms with Crippen LogP contribution in [0.1, 0.15) is 42.5 Å². The van der Waals surface area contributed by atoms with Crippen LogP contribution < -0.4 is 5.56 Å². The molecule has 0 bridgehead atoms. The van der Waals surface area contributed by atoms with Gasteiger partial charge in [0, 0.05) is 46.9 Å². The van der Waals surface area contributed by atoms with Gasteiger partial charge in [0.2, 0.25) is 0 Å². The largest absolute Gasteiger partial charge is 0.396 e. The number of carbonyl (C=O) groups excluding carboxylic acids is 1. The number of aromatic nitrogens is 1. The maximum atomic E-state index is 12.1. The monoisotopic (exact) mass is 417 g/mol. The molecule has 0 amide bonds. The molecule has 1 fully saturated rings. The van der Waals surface area contributed by atoms with E-state index in [1.165, 1.54) is 0 Å². The normalized spacial score (nSPS) is 17.3. The molecule has 0 aliphatic heterocycles. The van der Waals surface area contributed by atoms with Crippen molar-refractivity contribution in [3.05, 3.63) is 68.6 Å². The number of Topliss-reactive ketones (excluding diaryl/α,β-unsaturated/α-hetero) is 1. The maximum Gasteiger partial charge on any atom is 0.251 e. The third kappa shape index (κ3) is 5.16. The number of hydrogen-bond acceptors (Lipinski definition) is 4. The third-order valence-corrected chi connectivity index (χ3v) is 6.47. The second-order valence-corrected chi connectivity index (χ2v) is 8.62. The van der Waals surface area contributed by atoms with Gasteiger partial charge in [-0.05, 0) is 49.4 Å². The first-order valence-corrected chi connectivity index (χ1v) is 10.8. The van der Waals surface area contributed by atoms with Gasteiger partial charge in [0.1, 0.15) is 5.78 Å². The number of aliphatic hydroxyl groups is 1. The highest BCUT2D eigenvalue weighted by molar-refractivity contribution is 7.99. The van der Waals surface area contributed by atoms with Gasteiger partial charge < -0.3 is 10.1 Å². The van der Waals surface area contributed by atoms with Crippen LogP contribution in [-0.4, -0.2) is 28.2 Å². The highest BCUT2D eigenvalue weighted by Crippen LogP contribution is 2.34. The Hall–Kier alpha value is -1.82. The molecule has 2 N–H and O–H groups in total. The fraction of sp³-hybridized carbons (Fsp3) is 0.364. The number of halogens is 1. The van der Waals surface area contributed by atoms with Gasteiger partial charge in [-0.25, -0.2) is 0 Å². The van der Waals surface area contributed by atoms with Crippen molar-refractivity contribution in [3.63, 3.8) is 0 Å². The summed E-state index contributed by atoms with van der Waals surface area (Å²) in [5, 5.41) is 9.59. The molecule has 1 aromatic carbocycles. The Bertz CT molecular complexity index is 951. The number of hydrogen-bond donors (Lipinski definition) is 2. The summed E-state index contributed by atoms with van der Waals surface area (Å²) in [5.74, 6) is 1.25. The number of thioether (sulfide) groups is 1. The second-order valence-electron chi connectivity index (χ2n) is 7.08. The first-order valence-electron chi connectivity index (χ1n) is 9.45. The van der Waals surface area contributed by atoms with Crippen LogP contribution in [0, 0.1) is 12.8 Å². The minimum Gasteiger partial charge on any atom is -0.396 e. The lowest BCUT2D eigenvalue weighted by Gasteiger charge is -2.13. The van der Waals surface area contributed by atoms with Crippen molar-refractivity contribution in [2.75, 3.05) is 12.4 Å². The Balaban J connectivity index is 1.97. The average Bonchev–Trinajstić information content (AvgIpc) is 3.08. The number of carbonyl (C=O) groups is 1. The SMILES string of the molecule is Cc1ccc(C(=CC2CCC(=O)C2)c2ccc(SCCCO)c(Cl)c2)[nH]c1=O. The van der Waals surface area contributed by atoms with Crippen LogP contribution in [0.3, 0.4) is 0 Å². The predicted molar refractivity (Wildman–Crippen MR) is 115 cm³/mol. The molecule has 28 heavy (non-hydrogen) atoms. The smallest absolute Gasteiger partial charge is 0.251 e. The fourth-order valence-electron chi connectivity index (χ4n) is 3.30. The molecule has 148 valence electrons.